The third-order valence-corrected chi connectivity index (χ3v) is 3.51. The van der Waals surface area contributed by atoms with Gasteiger partial charge in [0.25, 0.3) is 6.17 Å². The summed E-state index contributed by atoms with van der Waals surface area (Å²) in [4.78, 5) is 12.7. The third-order valence-electron chi connectivity index (χ3n) is 1.98. The summed E-state index contributed by atoms with van der Waals surface area (Å²) < 4.78 is 75.1. The first kappa shape index (κ1) is 18.2. The van der Waals surface area contributed by atoms with Gasteiger partial charge in [0, 0.05) is 4.90 Å². The smallest absolute Gasteiger partial charge is 0.230 e. The number of carbonyl (C=O) groups excluding carboxylic acids is 1. The Morgan fingerprint density at radius 1 is 1.14 bits per heavy atom. The van der Waals surface area contributed by atoms with Crippen molar-refractivity contribution in [1.82, 2.24) is 0 Å². The van der Waals surface area contributed by atoms with E-state index in [1.807, 2.05) is 0 Å². The van der Waals surface area contributed by atoms with Crippen LogP contribution < -0.4 is 0 Å². The fourth-order valence-electron chi connectivity index (χ4n) is 1.15. The van der Waals surface area contributed by atoms with Crippen LogP contribution in [0.2, 0.25) is 10.0 Å². The highest BCUT2D eigenvalue weighted by Crippen LogP contribution is 2.47. The first-order chi connectivity index (χ1) is 9.49. The zero-order valence-corrected chi connectivity index (χ0v) is 11.8. The molecular weight excluding hydrogens is 367 g/mol. The maximum Gasteiger partial charge on any atom is 0.426 e. The lowest BCUT2D eigenvalue weighted by Gasteiger charge is -2.22. The molecule has 0 amide bonds. The first-order valence-corrected chi connectivity index (χ1v) is 6.41. The predicted molar refractivity (Wildman–Crippen MR) is 66.0 cm³/mol. The van der Waals surface area contributed by atoms with Gasteiger partial charge in [0.05, 0.1) is 10.0 Å². The minimum Gasteiger partial charge on any atom is -0.230 e. The highest BCUT2D eigenvalue weighted by molar-refractivity contribution is 8.00. The standard InChI is InChI=1S/C10H3Cl2F6NOS/c11-5-1-4(2-6(12)7(5)19-3-20)21-10(17,18)8(13)9(14,15)16/h1-2,8H. The van der Waals surface area contributed by atoms with Crippen LogP contribution in [-0.2, 0) is 4.79 Å². The molecule has 0 aliphatic heterocycles. The molecule has 1 aromatic carbocycles. The Morgan fingerprint density at radius 3 is 2.00 bits per heavy atom. The highest BCUT2D eigenvalue weighted by Gasteiger charge is 2.57. The van der Waals surface area contributed by atoms with Crippen molar-refractivity contribution in [1.29, 1.82) is 0 Å². The van der Waals surface area contributed by atoms with Crippen LogP contribution in [0.1, 0.15) is 0 Å². The molecule has 0 saturated heterocycles. The molecule has 0 N–H and O–H groups in total. The summed E-state index contributed by atoms with van der Waals surface area (Å²) in [6.07, 6.45) is -8.96. The van der Waals surface area contributed by atoms with Crippen LogP contribution in [0.5, 0.6) is 0 Å². The molecule has 0 aromatic heterocycles. The Labute approximate surface area is 128 Å². The molecule has 2 nitrogen and oxygen atoms in total. The lowest BCUT2D eigenvalue weighted by atomic mass is 10.3. The second kappa shape index (κ2) is 6.48. The molecule has 1 atom stereocenters. The van der Waals surface area contributed by atoms with Gasteiger partial charge in [0.2, 0.25) is 6.08 Å². The maximum atomic E-state index is 13.2. The van der Waals surface area contributed by atoms with E-state index in [1.54, 1.807) is 0 Å². The van der Waals surface area contributed by atoms with Gasteiger partial charge in [0.1, 0.15) is 5.69 Å². The normalized spacial score (nSPS) is 13.7. The molecule has 11 heteroatoms. The van der Waals surface area contributed by atoms with Gasteiger partial charge in [-0.3, -0.25) is 0 Å². The number of thioether (sulfide) groups is 1. The van der Waals surface area contributed by atoms with Crippen molar-refractivity contribution in [2.24, 2.45) is 4.99 Å². The molecule has 1 rings (SSSR count). The Kier molecular flexibility index (Phi) is 5.60. The fourth-order valence-corrected chi connectivity index (χ4v) is 2.76. The van der Waals surface area contributed by atoms with Gasteiger partial charge in [-0.05, 0) is 23.9 Å². The summed E-state index contributed by atoms with van der Waals surface area (Å²) in [5.41, 5.74) is -0.284. The lowest BCUT2D eigenvalue weighted by Crippen LogP contribution is -2.39. The molecule has 0 aliphatic rings. The summed E-state index contributed by atoms with van der Waals surface area (Å²) in [6.45, 7) is 0. The van der Waals surface area contributed by atoms with Crippen LogP contribution in [0, 0.1) is 0 Å². The number of alkyl halides is 6. The van der Waals surface area contributed by atoms with Crippen LogP contribution >= 0.6 is 35.0 Å². The molecule has 0 aliphatic carbocycles. The average molecular weight is 370 g/mol. The monoisotopic (exact) mass is 369 g/mol. The molecule has 1 aromatic rings. The molecule has 0 bridgehead atoms. The number of aliphatic imine (C=N–C) groups is 1. The average Bonchev–Trinajstić information content (AvgIpc) is 2.31. The van der Waals surface area contributed by atoms with Crippen molar-refractivity contribution in [3.05, 3.63) is 22.2 Å². The zero-order chi connectivity index (χ0) is 16.4. The van der Waals surface area contributed by atoms with E-state index in [9.17, 15) is 31.1 Å². The molecule has 116 valence electrons. The molecule has 1 unspecified atom stereocenters. The summed E-state index contributed by atoms with van der Waals surface area (Å²) in [5, 5.41) is -5.52. The molecular formula is C10H3Cl2F6NOS. The first-order valence-electron chi connectivity index (χ1n) is 4.83. The van der Waals surface area contributed by atoms with E-state index >= 15 is 0 Å². The highest BCUT2D eigenvalue weighted by atomic mass is 35.5. The summed E-state index contributed by atoms with van der Waals surface area (Å²) in [6, 6.07) is 1.57. The molecule has 0 heterocycles. The minimum atomic E-state index is -5.72. The second-order valence-corrected chi connectivity index (χ2v) is 5.54. The van der Waals surface area contributed by atoms with E-state index in [2.05, 4.69) is 4.99 Å². The minimum absolute atomic E-state index is 0.284. The van der Waals surface area contributed by atoms with Gasteiger partial charge >= 0.3 is 11.4 Å². The van der Waals surface area contributed by atoms with Crippen LogP contribution in [0.4, 0.5) is 32.0 Å². The fraction of sp³-hybridized carbons (Fsp3) is 0.300. The summed E-state index contributed by atoms with van der Waals surface area (Å²) in [5.74, 6) is 0. The van der Waals surface area contributed by atoms with Crippen molar-refractivity contribution in [3.8, 4) is 0 Å². The number of hydrogen-bond acceptors (Lipinski definition) is 3. The largest absolute Gasteiger partial charge is 0.426 e. The van der Waals surface area contributed by atoms with Gasteiger partial charge in [-0.25, -0.2) is 9.18 Å². The number of hydrogen-bond donors (Lipinski definition) is 0. The van der Waals surface area contributed by atoms with E-state index in [-0.39, 0.29) is 15.7 Å². The molecule has 0 spiro atoms. The van der Waals surface area contributed by atoms with Gasteiger partial charge in [-0.1, -0.05) is 23.2 Å². The summed E-state index contributed by atoms with van der Waals surface area (Å²) in [7, 11) is 0. The molecule has 0 saturated carbocycles. The van der Waals surface area contributed by atoms with E-state index in [4.69, 9.17) is 23.2 Å². The van der Waals surface area contributed by atoms with E-state index < -0.39 is 34.3 Å². The predicted octanol–water partition coefficient (Wildman–Crippen LogP) is 5.55. The Bertz CT molecular complexity index is 564. The van der Waals surface area contributed by atoms with Crippen LogP contribution in [0.25, 0.3) is 0 Å². The number of rotatable bonds is 4. The maximum absolute atomic E-state index is 13.2. The molecule has 21 heavy (non-hydrogen) atoms. The Hall–Kier alpha value is -0.890. The van der Waals surface area contributed by atoms with Crippen molar-refractivity contribution < 1.29 is 31.1 Å². The van der Waals surface area contributed by atoms with Gasteiger partial charge < -0.3 is 0 Å². The SMILES string of the molecule is O=C=Nc1c(Cl)cc(SC(F)(F)C(F)C(F)(F)F)cc1Cl. The van der Waals surface area contributed by atoms with E-state index in [0.717, 1.165) is 18.2 Å². The Balaban J connectivity index is 3.12. The van der Waals surface area contributed by atoms with E-state index in [1.165, 1.54) is 0 Å². The lowest BCUT2D eigenvalue weighted by molar-refractivity contribution is -0.219. The van der Waals surface area contributed by atoms with Gasteiger partial charge in [0.15, 0.2) is 0 Å². The number of benzene rings is 1. The second-order valence-electron chi connectivity index (χ2n) is 3.51. The van der Waals surface area contributed by atoms with Crippen molar-refractivity contribution >= 4 is 46.7 Å². The zero-order valence-electron chi connectivity index (χ0n) is 9.52. The topological polar surface area (TPSA) is 29.4 Å². The van der Waals surface area contributed by atoms with Crippen molar-refractivity contribution in [2.45, 2.75) is 22.5 Å². The van der Waals surface area contributed by atoms with Crippen molar-refractivity contribution in [2.75, 3.05) is 0 Å². The number of halogens is 8. The van der Waals surface area contributed by atoms with Crippen LogP contribution in [0.15, 0.2) is 22.0 Å². The Morgan fingerprint density at radius 2 is 1.62 bits per heavy atom. The number of isocyanates is 1. The molecule has 0 fully saturated rings. The summed E-state index contributed by atoms with van der Waals surface area (Å²) >= 11 is 10.5. The van der Waals surface area contributed by atoms with Gasteiger partial charge in [-0.15, -0.1) is 0 Å². The molecule has 0 radical (unpaired) electrons. The van der Waals surface area contributed by atoms with E-state index in [0.29, 0.717) is 0 Å². The van der Waals surface area contributed by atoms with Crippen LogP contribution in [0.3, 0.4) is 0 Å². The quantitative estimate of drug-likeness (QED) is 0.301. The third kappa shape index (κ3) is 4.54. The van der Waals surface area contributed by atoms with Crippen LogP contribution in [-0.4, -0.2) is 23.7 Å². The number of nitrogens with zero attached hydrogens (tertiary/aromatic N) is 1. The van der Waals surface area contributed by atoms with Gasteiger partial charge in [-0.2, -0.15) is 26.9 Å². The van der Waals surface area contributed by atoms with Crippen molar-refractivity contribution in [3.63, 3.8) is 0 Å².